The highest BCUT2D eigenvalue weighted by Crippen LogP contribution is 2.26. The molecular formula is C14H26N2O4. The van der Waals surface area contributed by atoms with Crippen molar-refractivity contribution in [3.05, 3.63) is 0 Å². The number of carbonyl (C=O) groups excluding carboxylic acids is 1. The Bertz CT molecular complexity index is 333. The van der Waals surface area contributed by atoms with Crippen molar-refractivity contribution in [2.75, 3.05) is 39.4 Å². The van der Waals surface area contributed by atoms with Crippen LogP contribution in [0.15, 0.2) is 0 Å². The minimum Gasteiger partial charge on any atom is -0.481 e. The molecular weight excluding hydrogens is 260 g/mol. The minimum absolute atomic E-state index is 0.396. The van der Waals surface area contributed by atoms with E-state index in [9.17, 15) is 9.59 Å². The van der Waals surface area contributed by atoms with Gasteiger partial charge in [0.05, 0.1) is 13.2 Å². The van der Waals surface area contributed by atoms with Crippen molar-refractivity contribution in [2.45, 2.75) is 27.2 Å². The largest absolute Gasteiger partial charge is 0.481 e. The Morgan fingerprint density at radius 2 is 1.90 bits per heavy atom. The molecule has 20 heavy (non-hydrogen) atoms. The lowest BCUT2D eigenvalue weighted by Crippen LogP contribution is -2.43. The van der Waals surface area contributed by atoms with Gasteiger partial charge >= 0.3 is 5.97 Å². The Morgan fingerprint density at radius 3 is 2.40 bits per heavy atom. The molecule has 1 heterocycles. The van der Waals surface area contributed by atoms with Gasteiger partial charge in [-0.1, -0.05) is 20.8 Å². The van der Waals surface area contributed by atoms with Crippen molar-refractivity contribution < 1.29 is 19.4 Å². The second-order valence-corrected chi connectivity index (χ2v) is 6.24. The number of rotatable bonds is 6. The molecule has 116 valence electrons. The van der Waals surface area contributed by atoms with Crippen molar-refractivity contribution in [3.63, 3.8) is 0 Å². The van der Waals surface area contributed by atoms with Gasteiger partial charge < -0.3 is 15.2 Å². The van der Waals surface area contributed by atoms with Gasteiger partial charge in [0, 0.05) is 19.6 Å². The number of carboxylic acids is 1. The molecule has 0 bridgehead atoms. The Labute approximate surface area is 120 Å². The zero-order valence-electron chi connectivity index (χ0n) is 12.6. The maximum atomic E-state index is 12.0. The summed E-state index contributed by atoms with van der Waals surface area (Å²) in [4.78, 5) is 25.4. The van der Waals surface area contributed by atoms with Crippen LogP contribution in [-0.2, 0) is 14.3 Å². The predicted octanol–water partition coefficient (Wildman–Crippen LogP) is 0.572. The summed E-state index contributed by atoms with van der Waals surface area (Å²) in [6.07, 6.45) is 0.822. The van der Waals surface area contributed by atoms with Crippen LogP contribution in [0.25, 0.3) is 0 Å². The molecule has 1 aliphatic rings. The van der Waals surface area contributed by atoms with Gasteiger partial charge in [-0.25, -0.2) is 0 Å². The van der Waals surface area contributed by atoms with Gasteiger partial charge in [0.2, 0.25) is 5.91 Å². The molecule has 0 aromatic carbocycles. The highest BCUT2D eigenvalue weighted by Gasteiger charge is 2.37. The van der Waals surface area contributed by atoms with E-state index in [2.05, 4.69) is 10.2 Å². The quantitative estimate of drug-likeness (QED) is 0.551. The number of ether oxygens (including phenoxy) is 1. The molecule has 1 atom stereocenters. The van der Waals surface area contributed by atoms with Gasteiger partial charge in [-0.3, -0.25) is 14.5 Å². The zero-order valence-corrected chi connectivity index (χ0v) is 12.6. The molecule has 1 amide bonds. The lowest BCUT2D eigenvalue weighted by molar-refractivity contribution is -0.151. The monoisotopic (exact) mass is 286 g/mol. The van der Waals surface area contributed by atoms with Crippen LogP contribution in [0.2, 0.25) is 0 Å². The number of nitrogens with zero attached hydrogens (tertiary/aromatic N) is 1. The lowest BCUT2D eigenvalue weighted by Gasteiger charge is -2.27. The van der Waals surface area contributed by atoms with E-state index >= 15 is 0 Å². The van der Waals surface area contributed by atoms with E-state index in [4.69, 9.17) is 9.84 Å². The SMILES string of the molecule is CC(C)(C)C(C(=O)O)C(=O)NCCCN1CCOCC1. The Kier molecular flexibility index (Phi) is 6.42. The van der Waals surface area contributed by atoms with Crippen LogP contribution in [0.4, 0.5) is 0 Å². The highest BCUT2D eigenvalue weighted by molar-refractivity contribution is 5.97. The molecule has 2 N–H and O–H groups in total. The van der Waals surface area contributed by atoms with Crippen LogP contribution >= 0.6 is 0 Å². The highest BCUT2D eigenvalue weighted by atomic mass is 16.5. The van der Waals surface area contributed by atoms with E-state index < -0.39 is 23.2 Å². The number of morpholine rings is 1. The molecule has 0 aromatic heterocycles. The van der Waals surface area contributed by atoms with E-state index in [-0.39, 0.29) is 0 Å². The maximum absolute atomic E-state index is 12.0. The Morgan fingerprint density at radius 1 is 1.30 bits per heavy atom. The van der Waals surface area contributed by atoms with Crippen molar-refractivity contribution in [1.82, 2.24) is 10.2 Å². The lowest BCUT2D eigenvalue weighted by atomic mass is 9.80. The number of hydrogen-bond donors (Lipinski definition) is 2. The summed E-state index contributed by atoms with van der Waals surface area (Å²) < 4.78 is 5.26. The van der Waals surface area contributed by atoms with Gasteiger partial charge in [-0.05, 0) is 18.4 Å². The Balaban J connectivity index is 2.29. The minimum atomic E-state index is -1.07. The first kappa shape index (κ1) is 16.9. The average molecular weight is 286 g/mol. The third kappa shape index (κ3) is 5.46. The Hall–Kier alpha value is -1.14. The molecule has 1 fully saturated rings. The van der Waals surface area contributed by atoms with Crippen molar-refractivity contribution in [1.29, 1.82) is 0 Å². The van der Waals surface area contributed by atoms with Crippen LogP contribution in [-0.4, -0.2) is 61.3 Å². The van der Waals surface area contributed by atoms with Crippen molar-refractivity contribution in [3.8, 4) is 0 Å². The number of hydrogen-bond acceptors (Lipinski definition) is 4. The summed E-state index contributed by atoms with van der Waals surface area (Å²) in [5.74, 6) is -2.47. The topological polar surface area (TPSA) is 78.9 Å². The van der Waals surface area contributed by atoms with E-state index in [1.54, 1.807) is 20.8 Å². The number of aliphatic carboxylic acids is 1. The number of carboxylic acid groups (broad SMARTS) is 1. The third-order valence-electron chi connectivity index (χ3n) is 3.43. The van der Waals surface area contributed by atoms with Gasteiger partial charge in [0.1, 0.15) is 5.92 Å². The van der Waals surface area contributed by atoms with Crippen LogP contribution in [0.1, 0.15) is 27.2 Å². The summed E-state index contributed by atoms with van der Waals surface area (Å²) in [5.41, 5.74) is -0.583. The van der Waals surface area contributed by atoms with E-state index in [1.807, 2.05) is 0 Å². The van der Waals surface area contributed by atoms with Gasteiger partial charge in [-0.2, -0.15) is 0 Å². The van der Waals surface area contributed by atoms with Crippen molar-refractivity contribution >= 4 is 11.9 Å². The van der Waals surface area contributed by atoms with Gasteiger partial charge in [-0.15, -0.1) is 0 Å². The zero-order chi connectivity index (χ0) is 15.2. The third-order valence-corrected chi connectivity index (χ3v) is 3.43. The number of carbonyl (C=O) groups is 2. The molecule has 1 unspecified atom stereocenters. The van der Waals surface area contributed by atoms with E-state index in [1.165, 1.54) is 0 Å². The fourth-order valence-corrected chi connectivity index (χ4v) is 2.32. The number of amides is 1. The molecule has 6 nitrogen and oxygen atoms in total. The fourth-order valence-electron chi connectivity index (χ4n) is 2.32. The molecule has 1 saturated heterocycles. The average Bonchev–Trinajstić information content (AvgIpc) is 2.33. The first-order chi connectivity index (χ1) is 9.32. The molecule has 0 radical (unpaired) electrons. The summed E-state index contributed by atoms with van der Waals surface area (Å²) in [7, 11) is 0. The maximum Gasteiger partial charge on any atom is 0.316 e. The first-order valence-corrected chi connectivity index (χ1v) is 7.13. The summed E-state index contributed by atoms with van der Waals surface area (Å²) in [6, 6.07) is 0. The van der Waals surface area contributed by atoms with E-state index in [0.29, 0.717) is 6.54 Å². The second kappa shape index (κ2) is 7.59. The molecule has 0 spiro atoms. The second-order valence-electron chi connectivity index (χ2n) is 6.24. The molecule has 0 aliphatic carbocycles. The smallest absolute Gasteiger partial charge is 0.316 e. The first-order valence-electron chi connectivity index (χ1n) is 7.13. The van der Waals surface area contributed by atoms with Gasteiger partial charge in [0.25, 0.3) is 0 Å². The van der Waals surface area contributed by atoms with Crippen LogP contribution < -0.4 is 5.32 Å². The van der Waals surface area contributed by atoms with E-state index in [0.717, 1.165) is 39.3 Å². The molecule has 1 aliphatic heterocycles. The molecule has 6 heteroatoms. The van der Waals surface area contributed by atoms with Crippen molar-refractivity contribution in [2.24, 2.45) is 11.3 Å². The standard InChI is InChI=1S/C14H26N2O4/c1-14(2,3)11(13(18)19)12(17)15-5-4-6-16-7-9-20-10-8-16/h11H,4-10H2,1-3H3,(H,15,17)(H,18,19). The summed E-state index contributed by atoms with van der Waals surface area (Å²) in [6.45, 7) is 10.1. The van der Waals surface area contributed by atoms with Gasteiger partial charge in [0.15, 0.2) is 0 Å². The predicted molar refractivity (Wildman–Crippen MR) is 75.5 cm³/mol. The van der Waals surface area contributed by atoms with Crippen LogP contribution in [0.3, 0.4) is 0 Å². The van der Waals surface area contributed by atoms with Crippen LogP contribution in [0.5, 0.6) is 0 Å². The number of nitrogens with one attached hydrogen (secondary N) is 1. The van der Waals surface area contributed by atoms with Crippen LogP contribution in [0, 0.1) is 11.3 Å². The normalized spacial score (nSPS) is 18.6. The summed E-state index contributed by atoms with van der Waals surface area (Å²) in [5, 5.41) is 11.9. The molecule has 1 rings (SSSR count). The fraction of sp³-hybridized carbons (Fsp3) is 0.857. The molecule has 0 aromatic rings. The molecule has 0 saturated carbocycles. The summed E-state index contributed by atoms with van der Waals surface area (Å²) >= 11 is 0.